The van der Waals surface area contributed by atoms with Crippen LogP contribution in [-0.2, 0) is 11.3 Å². The lowest BCUT2D eigenvalue weighted by molar-refractivity contribution is -0.135. The number of rotatable bonds is 8. The van der Waals surface area contributed by atoms with Crippen molar-refractivity contribution in [2.24, 2.45) is 17.8 Å². The molecule has 2 aromatic carbocycles. The van der Waals surface area contributed by atoms with Gasteiger partial charge in [-0.25, -0.2) is 4.39 Å². The summed E-state index contributed by atoms with van der Waals surface area (Å²) in [4.78, 5) is 17.5. The minimum absolute atomic E-state index is 0.00665. The molecule has 4 heteroatoms. The van der Waals surface area contributed by atoms with Gasteiger partial charge in [0.05, 0.1) is 0 Å². The van der Waals surface area contributed by atoms with E-state index in [0.717, 1.165) is 32.7 Å². The van der Waals surface area contributed by atoms with Gasteiger partial charge >= 0.3 is 0 Å². The standard InChI is InChI=1S/C27H37FN2O/c1-19(2)14-30(27(31)20(3)4)17-24-16-29(15-22-8-6-7-21(5)13-22)18-26(24)23-9-11-25(28)12-10-23/h6-13,19-20,24,26H,14-18H2,1-5H3/t24-,26+/m0/s1. The van der Waals surface area contributed by atoms with Crippen molar-refractivity contribution in [2.75, 3.05) is 26.2 Å². The number of hydrogen-bond donors (Lipinski definition) is 0. The molecule has 1 amide bonds. The predicted molar refractivity (Wildman–Crippen MR) is 125 cm³/mol. The van der Waals surface area contributed by atoms with Crippen LogP contribution in [-0.4, -0.2) is 41.9 Å². The van der Waals surface area contributed by atoms with Gasteiger partial charge in [-0.3, -0.25) is 9.69 Å². The first-order valence-electron chi connectivity index (χ1n) is 11.5. The third-order valence-corrected chi connectivity index (χ3v) is 6.15. The molecule has 0 unspecified atom stereocenters. The van der Waals surface area contributed by atoms with Gasteiger partial charge in [-0.1, -0.05) is 69.7 Å². The van der Waals surface area contributed by atoms with Crippen LogP contribution in [0.1, 0.15) is 50.3 Å². The fourth-order valence-electron chi connectivity index (χ4n) is 4.77. The summed E-state index contributed by atoms with van der Waals surface area (Å²) in [6.07, 6.45) is 0. The smallest absolute Gasteiger partial charge is 0.225 e. The highest BCUT2D eigenvalue weighted by molar-refractivity contribution is 5.78. The van der Waals surface area contributed by atoms with Crippen molar-refractivity contribution in [3.8, 4) is 0 Å². The van der Waals surface area contributed by atoms with Crippen LogP contribution in [0.15, 0.2) is 48.5 Å². The number of carbonyl (C=O) groups is 1. The van der Waals surface area contributed by atoms with Gasteiger partial charge in [0.15, 0.2) is 0 Å². The summed E-state index contributed by atoms with van der Waals surface area (Å²) in [5.74, 6) is 1.07. The molecule has 1 aliphatic rings. The Morgan fingerprint density at radius 2 is 1.81 bits per heavy atom. The molecule has 1 saturated heterocycles. The van der Waals surface area contributed by atoms with Gasteiger partial charge in [0.25, 0.3) is 0 Å². The Labute approximate surface area is 187 Å². The number of carbonyl (C=O) groups excluding carboxylic acids is 1. The number of hydrogen-bond acceptors (Lipinski definition) is 2. The number of benzene rings is 2. The largest absolute Gasteiger partial charge is 0.342 e. The third kappa shape index (κ3) is 6.39. The number of nitrogens with zero attached hydrogens (tertiary/aromatic N) is 2. The molecule has 0 N–H and O–H groups in total. The minimum Gasteiger partial charge on any atom is -0.342 e. The molecule has 3 rings (SSSR count). The van der Waals surface area contributed by atoms with E-state index >= 15 is 0 Å². The molecule has 0 spiro atoms. The molecule has 0 radical (unpaired) electrons. The molecule has 1 heterocycles. The monoisotopic (exact) mass is 424 g/mol. The van der Waals surface area contributed by atoms with Crippen molar-refractivity contribution in [3.05, 3.63) is 71.0 Å². The molecule has 168 valence electrons. The van der Waals surface area contributed by atoms with Crippen LogP contribution in [0.25, 0.3) is 0 Å². The molecular formula is C27H37FN2O. The highest BCUT2D eigenvalue weighted by Gasteiger charge is 2.36. The van der Waals surface area contributed by atoms with Crippen molar-refractivity contribution < 1.29 is 9.18 Å². The molecule has 1 aliphatic heterocycles. The lowest BCUT2D eigenvalue weighted by Crippen LogP contribution is -2.41. The van der Waals surface area contributed by atoms with Crippen molar-refractivity contribution in [1.82, 2.24) is 9.80 Å². The van der Waals surface area contributed by atoms with Gasteiger partial charge in [0, 0.05) is 44.6 Å². The molecule has 0 aromatic heterocycles. The van der Waals surface area contributed by atoms with Crippen LogP contribution in [0.4, 0.5) is 4.39 Å². The van der Waals surface area contributed by atoms with Crippen molar-refractivity contribution >= 4 is 5.91 Å². The second-order valence-corrected chi connectivity index (χ2v) is 9.89. The average molecular weight is 425 g/mol. The molecule has 0 aliphatic carbocycles. The first-order chi connectivity index (χ1) is 14.7. The van der Waals surface area contributed by atoms with Gasteiger partial charge in [-0.15, -0.1) is 0 Å². The molecule has 2 aromatic rings. The van der Waals surface area contributed by atoms with Crippen molar-refractivity contribution in [3.63, 3.8) is 0 Å². The summed E-state index contributed by atoms with van der Waals surface area (Å²) in [5.41, 5.74) is 3.75. The average Bonchev–Trinajstić information content (AvgIpc) is 3.09. The molecule has 1 fully saturated rings. The minimum atomic E-state index is -0.202. The zero-order valence-electron chi connectivity index (χ0n) is 19.6. The summed E-state index contributed by atoms with van der Waals surface area (Å²) >= 11 is 0. The van der Waals surface area contributed by atoms with E-state index in [1.54, 1.807) is 12.1 Å². The summed E-state index contributed by atoms with van der Waals surface area (Å²) < 4.78 is 13.6. The van der Waals surface area contributed by atoms with Gasteiger partial charge in [0.1, 0.15) is 5.82 Å². The van der Waals surface area contributed by atoms with E-state index in [1.165, 1.54) is 16.7 Å². The Morgan fingerprint density at radius 1 is 1.10 bits per heavy atom. The normalized spacial score (nSPS) is 19.4. The fourth-order valence-corrected chi connectivity index (χ4v) is 4.77. The van der Waals surface area contributed by atoms with E-state index in [2.05, 4.69) is 54.8 Å². The van der Waals surface area contributed by atoms with Crippen LogP contribution in [0, 0.1) is 30.5 Å². The van der Waals surface area contributed by atoms with Crippen LogP contribution in [0.5, 0.6) is 0 Å². The highest BCUT2D eigenvalue weighted by atomic mass is 19.1. The zero-order valence-corrected chi connectivity index (χ0v) is 19.6. The third-order valence-electron chi connectivity index (χ3n) is 6.15. The summed E-state index contributed by atoms with van der Waals surface area (Å²) in [6.45, 7) is 14.7. The number of likely N-dealkylation sites (tertiary alicyclic amines) is 1. The summed E-state index contributed by atoms with van der Waals surface area (Å²) in [7, 11) is 0. The van der Waals surface area contributed by atoms with Crippen LogP contribution >= 0.6 is 0 Å². The zero-order chi connectivity index (χ0) is 22.5. The number of amides is 1. The summed E-state index contributed by atoms with van der Waals surface area (Å²) in [6, 6.07) is 15.6. The van der Waals surface area contributed by atoms with E-state index in [9.17, 15) is 9.18 Å². The molecule has 0 saturated carbocycles. The maximum Gasteiger partial charge on any atom is 0.225 e. The fraction of sp³-hybridized carbons (Fsp3) is 0.519. The van der Waals surface area contributed by atoms with Gasteiger partial charge < -0.3 is 4.90 Å². The molecule has 0 bridgehead atoms. The van der Waals surface area contributed by atoms with Gasteiger partial charge in [-0.05, 0) is 42.0 Å². The Bertz CT molecular complexity index is 862. The van der Waals surface area contributed by atoms with E-state index in [4.69, 9.17) is 0 Å². The maximum atomic E-state index is 13.6. The number of halogens is 1. The van der Waals surface area contributed by atoms with Crippen LogP contribution < -0.4 is 0 Å². The predicted octanol–water partition coefficient (Wildman–Crippen LogP) is 5.49. The lowest BCUT2D eigenvalue weighted by atomic mass is 9.88. The van der Waals surface area contributed by atoms with Crippen molar-refractivity contribution in [1.29, 1.82) is 0 Å². The van der Waals surface area contributed by atoms with Crippen molar-refractivity contribution in [2.45, 2.75) is 47.1 Å². The van der Waals surface area contributed by atoms with Crippen LogP contribution in [0.3, 0.4) is 0 Å². The molecule has 31 heavy (non-hydrogen) atoms. The topological polar surface area (TPSA) is 23.6 Å². The summed E-state index contributed by atoms with van der Waals surface area (Å²) in [5, 5.41) is 0. The first-order valence-corrected chi connectivity index (χ1v) is 11.5. The van der Waals surface area contributed by atoms with E-state index in [0.29, 0.717) is 17.8 Å². The molecular weight excluding hydrogens is 387 g/mol. The molecule has 2 atom stereocenters. The molecule has 3 nitrogen and oxygen atoms in total. The Balaban J connectivity index is 1.82. The quantitative estimate of drug-likeness (QED) is 0.559. The van der Waals surface area contributed by atoms with E-state index in [-0.39, 0.29) is 17.6 Å². The maximum absolute atomic E-state index is 13.6. The van der Waals surface area contributed by atoms with Gasteiger partial charge in [0.2, 0.25) is 5.91 Å². The second kappa shape index (κ2) is 10.4. The first kappa shape index (κ1) is 23.5. The van der Waals surface area contributed by atoms with E-state index in [1.807, 2.05) is 26.0 Å². The highest BCUT2D eigenvalue weighted by Crippen LogP contribution is 2.34. The lowest BCUT2D eigenvalue weighted by Gasteiger charge is -2.31. The Hall–Kier alpha value is -2.20. The SMILES string of the molecule is Cc1cccc(CN2C[C@@H](CN(CC(C)C)C(=O)C(C)C)[C@@H](c3ccc(F)cc3)C2)c1. The second-order valence-electron chi connectivity index (χ2n) is 9.89. The Kier molecular flexibility index (Phi) is 7.88. The van der Waals surface area contributed by atoms with E-state index < -0.39 is 0 Å². The Morgan fingerprint density at radius 3 is 2.42 bits per heavy atom. The van der Waals surface area contributed by atoms with Gasteiger partial charge in [-0.2, -0.15) is 0 Å². The van der Waals surface area contributed by atoms with Crippen LogP contribution in [0.2, 0.25) is 0 Å². The number of aryl methyl sites for hydroxylation is 1.